The van der Waals surface area contributed by atoms with Crippen LogP contribution in [0.1, 0.15) is 11.7 Å². The summed E-state index contributed by atoms with van der Waals surface area (Å²) in [7, 11) is 6.89. The minimum absolute atomic E-state index is 0.144. The van der Waals surface area contributed by atoms with Gasteiger partial charge >= 0.3 is 0 Å². The Hall–Kier alpha value is -0.560. The highest BCUT2D eigenvalue weighted by Crippen LogP contribution is 2.32. The van der Waals surface area contributed by atoms with Gasteiger partial charge in [-0.1, -0.05) is 15.5 Å². The van der Waals surface area contributed by atoms with E-state index >= 15 is 0 Å². The van der Waals surface area contributed by atoms with Crippen molar-refractivity contribution in [3.8, 4) is 5.75 Å². The van der Waals surface area contributed by atoms with Gasteiger partial charge in [-0.3, -0.25) is 9.88 Å². The Labute approximate surface area is 117 Å². The molecular formula is C11H15N2O3P3. The van der Waals surface area contributed by atoms with Crippen molar-refractivity contribution in [1.82, 2.24) is 10.1 Å². The highest BCUT2D eigenvalue weighted by Gasteiger charge is 2.15. The zero-order chi connectivity index (χ0) is 13.8. The second kappa shape index (κ2) is 6.74. The summed E-state index contributed by atoms with van der Waals surface area (Å²) in [5.41, 5.74) is 1.47. The molecule has 2 aromatic rings. The number of fused-ring (bicyclic) bond motifs is 1. The Morgan fingerprint density at radius 3 is 2.68 bits per heavy atom. The Kier molecular flexibility index (Phi) is 5.27. The zero-order valence-electron chi connectivity index (χ0n) is 10.1. The van der Waals surface area contributed by atoms with Gasteiger partial charge in [0.15, 0.2) is 0 Å². The Morgan fingerprint density at radius 2 is 2.05 bits per heavy atom. The molecule has 1 heterocycles. The summed E-state index contributed by atoms with van der Waals surface area (Å²) >= 11 is 0. The van der Waals surface area contributed by atoms with Crippen molar-refractivity contribution in [2.75, 3.05) is 6.54 Å². The van der Waals surface area contributed by atoms with E-state index in [9.17, 15) is 4.79 Å². The lowest BCUT2D eigenvalue weighted by molar-refractivity contribution is 0.252. The van der Waals surface area contributed by atoms with Crippen molar-refractivity contribution in [3.05, 3.63) is 40.2 Å². The fourth-order valence-electron chi connectivity index (χ4n) is 1.97. The zero-order valence-corrected chi connectivity index (χ0v) is 13.5. The lowest BCUT2D eigenvalue weighted by Gasteiger charge is -2.18. The summed E-state index contributed by atoms with van der Waals surface area (Å²) in [6.45, 7) is 0.628. The molecule has 5 nitrogen and oxygen atoms in total. The van der Waals surface area contributed by atoms with Crippen LogP contribution < -0.4 is 15.2 Å². The molecule has 0 amide bonds. The minimum Gasteiger partial charge on any atom is -0.478 e. The molecule has 0 fully saturated rings. The largest absolute Gasteiger partial charge is 0.478 e. The number of rotatable bonds is 5. The average molecular weight is 316 g/mol. The molecule has 0 bridgehead atoms. The van der Waals surface area contributed by atoms with Crippen LogP contribution in [-0.2, 0) is 4.52 Å². The lowest BCUT2D eigenvalue weighted by Crippen LogP contribution is -2.14. The number of aromatic amines is 1. The number of nitrogens with one attached hydrogen (secondary N) is 2. The minimum atomic E-state index is -0.166. The van der Waals surface area contributed by atoms with Crippen molar-refractivity contribution >= 4 is 39.2 Å². The SMILES string of the molecule is O=c1ccc2c(C(CNP)OP)ccc(OP)c2[nH]1. The number of hydrogen-bond donors (Lipinski definition) is 2. The molecule has 2 N–H and O–H groups in total. The smallest absolute Gasteiger partial charge is 0.248 e. The Balaban J connectivity index is 2.66. The van der Waals surface area contributed by atoms with E-state index in [1.807, 2.05) is 6.07 Å². The van der Waals surface area contributed by atoms with E-state index in [-0.39, 0.29) is 11.7 Å². The van der Waals surface area contributed by atoms with E-state index in [4.69, 9.17) is 9.05 Å². The Morgan fingerprint density at radius 1 is 1.26 bits per heavy atom. The lowest BCUT2D eigenvalue weighted by atomic mass is 10.0. The molecule has 0 aliphatic heterocycles. The summed E-state index contributed by atoms with van der Waals surface area (Å²) < 4.78 is 10.6. The van der Waals surface area contributed by atoms with E-state index in [0.717, 1.165) is 10.9 Å². The predicted octanol–water partition coefficient (Wildman–Crippen LogP) is 1.92. The normalized spacial score (nSPS) is 12.6. The van der Waals surface area contributed by atoms with Crippen molar-refractivity contribution in [1.29, 1.82) is 0 Å². The number of benzene rings is 1. The topological polar surface area (TPSA) is 63.4 Å². The second-order valence-electron chi connectivity index (χ2n) is 3.92. The molecule has 0 aliphatic carbocycles. The molecule has 0 saturated carbocycles. The van der Waals surface area contributed by atoms with Gasteiger partial charge < -0.3 is 14.0 Å². The molecule has 4 unspecified atom stereocenters. The van der Waals surface area contributed by atoms with Gasteiger partial charge in [0.2, 0.25) is 5.56 Å². The maximum Gasteiger partial charge on any atom is 0.248 e. The molecule has 0 aliphatic rings. The third-order valence-electron chi connectivity index (χ3n) is 2.83. The summed E-state index contributed by atoms with van der Waals surface area (Å²) in [6, 6.07) is 7.00. The molecule has 1 aromatic heterocycles. The van der Waals surface area contributed by atoms with Gasteiger partial charge in [-0.05, 0) is 17.7 Å². The first-order valence-corrected chi connectivity index (χ1v) is 7.05. The van der Waals surface area contributed by atoms with Gasteiger partial charge in [0.1, 0.15) is 5.75 Å². The summed E-state index contributed by atoms with van der Waals surface area (Å²) in [5.74, 6) is 0.600. The first-order valence-electron chi connectivity index (χ1n) is 5.53. The molecular weight excluding hydrogens is 301 g/mol. The molecule has 102 valence electrons. The standard InChI is InChI=1S/C11H15N2O3P3/c14-10-4-2-7-6(9(16-19)5-12-17)1-3-8(15-18)11(7)13-10/h1-4,9,12H,5,17-19H2,(H,13,14). The Bertz CT molecular complexity index is 632. The number of pyridine rings is 1. The van der Waals surface area contributed by atoms with Crippen molar-refractivity contribution in [2.24, 2.45) is 0 Å². The monoisotopic (exact) mass is 316 g/mol. The van der Waals surface area contributed by atoms with Crippen LogP contribution in [0.4, 0.5) is 0 Å². The molecule has 1 aromatic carbocycles. The van der Waals surface area contributed by atoms with E-state index in [1.54, 1.807) is 12.1 Å². The van der Waals surface area contributed by atoms with Crippen LogP contribution in [0.15, 0.2) is 29.1 Å². The number of hydrogen-bond acceptors (Lipinski definition) is 4. The van der Waals surface area contributed by atoms with Gasteiger partial charge in [0.25, 0.3) is 0 Å². The number of H-pyrrole nitrogens is 1. The van der Waals surface area contributed by atoms with Gasteiger partial charge in [-0.25, -0.2) is 0 Å². The second-order valence-corrected chi connectivity index (χ2v) is 4.83. The first kappa shape index (κ1) is 14.8. The van der Waals surface area contributed by atoms with Crippen LogP contribution in [0.3, 0.4) is 0 Å². The highest BCUT2D eigenvalue weighted by molar-refractivity contribution is 7.13. The molecule has 4 atom stereocenters. The summed E-state index contributed by atoms with van der Waals surface area (Å²) in [6.07, 6.45) is -0.144. The maximum absolute atomic E-state index is 11.5. The molecule has 0 saturated heterocycles. The molecule has 0 spiro atoms. The van der Waals surface area contributed by atoms with Gasteiger partial charge in [0, 0.05) is 27.5 Å². The fraction of sp³-hybridized carbons (Fsp3) is 0.182. The van der Waals surface area contributed by atoms with Gasteiger partial charge in [-0.15, -0.1) is 0 Å². The third kappa shape index (κ3) is 3.13. The van der Waals surface area contributed by atoms with Crippen LogP contribution in [-0.4, -0.2) is 11.5 Å². The number of aromatic nitrogens is 1. The predicted molar refractivity (Wildman–Crippen MR) is 86.2 cm³/mol. The van der Waals surface area contributed by atoms with Crippen LogP contribution in [0, 0.1) is 0 Å². The fourth-order valence-corrected chi connectivity index (χ4v) is 2.62. The van der Waals surface area contributed by atoms with E-state index in [1.165, 1.54) is 6.07 Å². The van der Waals surface area contributed by atoms with Crippen molar-refractivity contribution in [2.45, 2.75) is 6.10 Å². The van der Waals surface area contributed by atoms with E-state index in [0.29, 0.717) is 17.8 Å². The maximum atomic E-state index is 11.5. The summed E-state index contributed by atoms with van der Waals surface area (Å²) in [5, 5.41) is 3.89. The van der Waals surface area contributed by atoms with E-state index < -0.39 is 0 Å². The van der Waals surface area contributed by atoms with Gasteiger partial charge in [0.05, 0.1) is 21.1 Å². The van der Waals surface area contributed by atoms with Crippen LogP contribution in [0.5, 0.6) is 5.75 Å². The first-order chi connectivity index (χ1) is 9.21. The third-order valence-corrected chi connectivity index (χ3v) is 3.65. The summed E-state index contributed by atoms with van der Waals surface area (Å²) in [4.78, 5) is 14.2. The highest BCUT2D eigenvalue weighted by atomic mass is 31.0. The van der Waals surface area contributed by atoms with Crippen molar-refractivity contribution in [3.63, 3.8) is 0 Å². The molecule has 8 heteroatoms. The quantitative estimate of drug-likeness (QED) is 0.828. The van der Waals surface area contributed by atoms with Crippen LogP contribution in [0.25, 0.3) is 10.9 Å². The van der Waals surface area contributed by atoms with Crippen LogP contribution in [0.2, 0.25) is 0 Å². The average Bonchev–Trinajstić information content (AvgIpc) is 2.43. The van der Waals surface area contributed by atoms with E-state index in [2.05, 4.69) is 38.4 Å². The molecule has 19 heavy (non-hydrogen) atoms. The van der Waals surface area contributed by atoms with Crippen molar-refractivity contribution < 1.29 is 9.05 Å². The molecule has 2 rings (SSSR count). The van der Waals surface area contributed by atoms with Gasteiger partial charge in [-0.2, -0.15) is 0 Å². The molecule has 0 radical (unpaired) electrons. The van der Waals surface area contributed by atoms with Crippen LogP contribution >= 0.6 is 28.3 Å².